The van der Waals surface area contributed by atoms with Crippen LogP contribution in [0.5, 0.6) is 0 Å². The van der Waals surface area contributed by atoms with Gasteiger partial charge in [0, 0.05) is 7.05 Å². The average molecular weight is 327 g/mol. The van der Waals surface area contributed by atoms with Crippen LogP contribution in [0.1, 0.15) is 56.7 Å². The van der Waals surface area contributed by atoms with Gasteiger partial charge in [0.1, 0.15) is 0 Å². The summed E-state index contributed by atoms with van der Waals surface area (Å²) >= 11 is 3.48. The highest BCUT2D eigenvalue weighted by molar-refractivity contribution is 9.10. The number of aromatic nitrogens is 3. The minimum atomic E-state index is 0.0669. The van der Waals surface area contributed by atoms with Crippen molar-refractivity contribution >= 4 is 15.9 Å². The molecule has 0 aromatic carbocycles. The first-order valence-corrected chi connectivity index (χ1v) is 8.26. The minimum Gasteiger partial charge on any atom is -0.322 e. The zero-order chi connectivity index (χ0) is 13.4. The molecule has 1 heterocycles. The summed E-state index contributed by atoms with van der Waals surface area (Å²) < 4.78 is 2.63. The van der Waals surface area contributed by atoms with Gasteiger partial charge in [-0.3, -0.25) is 0 Å². The SMILES string of the molecule is Cn1nnc(Br)c1C(N)C1CCC2CCCCC2C1. The van der Waals surface area contributed by atoms with Gasteiger partial charge >= 0.3 is 0 Å². The van der Waals surface area contributed by atoms with Crippen molar-refractivity contribution in [2.45, 2.75) is 51.0 Å². The van der Waals surface area contributed by atoms with Gasteiger partial charge in [-0.1, -0.05) is 30.9 Å². The lowest BCUT2D eigenvalue weighted by Gasteiger charge is -2.41. The van der Waals surface area contributed by atoms with E-state index >= 15 is 0 Å². The van der Waals surface area contributed by atoms with E-state index in [1.165, 1.54) is 44.9 Å². The van der Waals surface area contributed by atoms with Gasteiger partial charge in [-0.05, 0) is 52.9 Å². The molecule has 0 aliphatic heterocycles. The summed E-state index contributed by atoms with van der Waals surface area (Å²) in [7, 11) is 1.93. The Hall–Kier alpha value is -0.420. The molecular formula is C14H23BrN4. The van der Waals surface area contributed by atoms with E-state index in [2.05, 4.69) is 26.2 Å². The minimum absolute atomic E-state index is 0.0669. The Labute approximate surface area is 123 Å². The Kier molecular flexibility index (Phi) is 3.94. The molecule has 5 heteroatoms. The molecule has 1 aromatic rings. The van der Waals surface area contributed by atoms with E-state index in [9.17, 15) is 0 Å². The van der Waals surface area contributed by atoms with Crippen LogP contribution in [0.3, 0.4) is 0 Å². The second-order valence-corrected chi connectivity index (χ2v) is 7.04. The highest BCUT2D eigenvalue weighted by Gasteiger charge is 2.36. The maximum Gasteiger partial charge on any atom is 0.153 e. The van der Waals surface area contributed by atoms with Crippen LogP contribution in [0.2, 0.25) is 0 Å². The van der Waals surface area contributed by atoms with E-state index in [0.29, 0.717) is 5.92 Å². The highest BCUT2D eigenvalue weighted by atomic mass is 79.9. The van der Waals surface area contributed by atoms with Gasteiger partial charge in [0.2, 0.25) is 0 Å². The van der Waals surface area contributed by atoms with Gasteiger partial charge in [0.25, 0.3) is 0 Å². The fourth-order valence-corrected chi connectivity index (χ4v) is 4.74. The summed E-state index contributed by atoms with van der Waals surface area (Å²) in [6.45, 7) is 0. The molecule has 1 aromatic heterocycles. The van der Waals surface area contributed by atoms with E-state index in [1.807, 2.05) is 11.7 Å². The topological polar surface area (TPSA) is 56.7 Å². The van der Waals surface area contributed by atoms with Crippen molar-refractivity contribution in [2.24, 2.45) is 30.5 Å². The highest BCUT2D eigenvalue weighted by Crippen LogP contribution is 2.45. The monoisotopic (exact) mass is 326 g/mol. The van der Waals surface area contributed by atoms with E-state index in [-0.39, 0.29) is 6.04 Å². The molecule has 0 bridgehead atoms. The summed E-state index contributed by atoms with van der Waals surface area (Å²) in [5.74, 6) is 2.48. The molecule has 0 saturated heterocycles. The van der Waals surface area contributed by atoms with Crippen molar-refractivity contribution in [1.82, 2.24) is 15.0 Å². The smallest absolute Gasteiger partial charge is 0.153 e. The van der Waals surface area contributed by atoms with Crippen LogP contribution >= 0.6 is 15.9 Å². The number of nitrogens with zero attached hydrogens (tertiary/aromatic N) is 3. The molecule has 0 radical (unpaired) electrons. The number of aryl methyl sites for hydroxylation is 1. The molecule has 106 valence electrons. The Balaban J connectivity index is 1.72. The van der Waals surface area contributed by atoms with Crippen LogP contribution in [0.4, 0.5) is 0 Å². The number of fused-ring (bicyclic) bond motifs is 1. The first kappa shape index (κ1) is 13.6. The van der Waals surface area contributed by atoms with Crippen LogP contribution < -0.4 is 5.73 Å². The average Bonchev–Trinajstić information content (AvgIpc) is 2.77. The van der Waals surface area contributed by atoms with Crippen molar-refractivity contribution in [3.05, 3.63) is 10.3 Å². The Morgan fingerprint density at radius 2 is 1.95 bits per heavy atom. The number of hydrogen-bond donors (Lipinski definition) is 1. The van der Waals surface area contributed by atoms with Gasteiger partial charge in [0.05, 0.1) is 11.7 Å². The molecule has 2 N–H and O–H groups in total. The van der Waals surface area contributed by atoms with Gasteiger partial charge < -0.3 is 5.73 Å². The number of nitrogens with two attached hydrogens (primary N) is 1. The summed E-state index contributed by atoms with van der Waals surface area (Å²) in [4.78, 5) is 0. The van der Waals surface area contributed by atoms with Crippen LogP contribution in [0.15, 0.2) is 4.60 Å². The molecule has 2 saturated carbocycles. The fourth-order valence-electron chi connectivity index (χ4n) is 4.15. The molecule has 0 spiro atoms. The van der Waals surface area contributed by atoms with Gasteiger partial charge in [0.15, 0.2) is 4.60 Å². The van der Waals surface area contributed by atoms with Crippen LogP contribution in [-0.4, -0.2) is 15.0 Å². The quantitative estimate of drug-likeness (QED) is 0.908. The van der Waals surface area contributed by atoms with Crippen molar-refractivity contribution in [3.63, 3.8) is 0 Å². The molecule has 4 nitrogen and oxygen atoms in total. The first-order valence-electron chi connectivity index (χ1n) is 7.47. The number of rotatable bonds is 2. The number of hydrogen-bond acceptors (Lipinski definition) is 3. The Morgan fingerprint density at radius 1 is 1.21 bits per heavy atom. The second-order valence-electron chi connectivity index (χ2n) is 6.29. The maximum absolute atomic E-state index is 6.51. The lowest BCUT2D eigenvalue weighted by Crippen LogP contribution is -2.34. The van der Waals surface area contributed by atoms with E-state index in [0.717, 1.165) is 22.1 Å². The Morgan fingerprint density at radius 3 is 2.63 bits per heavy atom. The van der Waals surface area contributed by atoms with Gasteiger partial charge in [-0.2, -0.15) is 0 Å². The first-order chi connectivity index (χ1) is 9.16. The van der Waals surface area contributed by atoms with Crippen LogP contribution in [0.25, 0.3) is 0 Å². The second kappa shape index (κ2) is 5.52. The van der Waals surface area contributed by atoms with Crippen LogP contribution in [-0.2, 0) is 7.05 Å². The third-order valence-electron chi connectivity index (χ3n) is 5.23. The van der Waals surface area contributed by atoms with E-state index in [4.69, 9.17) is 5.73 Å². The normalized spacial score (nSPS) is 32.9. The van der Waals surface area contributed by atoms with E-state index in [1.54, 1.807) is 0 Å². The van der Waals surface area contributed by atoms with Gasteiger partial charge in [-0.25, -0.2) is 4.68 Å². The molecule has 3 rings (SSSR count). The molecule has 4 unspecified atom stereocenters. The third kappa shape index (κ3) is 2.59. The summed E-state index contributed by atoms with van der Waals surface area (Å²) in [6.07, 6.45) is 9.65. The summed E-state index contributed by atoms with van der Waals surface area (Å²) in [5.41, 5.74) is 7.56. The molecule has 19 heavy (non-hydrogen) atoms. The Bertz CT molecular complexity index is 425. The predicted molar refractivity (Wildman–Crippen MR) is 78.4 cm³/mol. The zero-order valence-electron chi connectivity index (χ0n) is 11.6. The third-order valence-corrected chi connectivity index (χ3v) is 5.80. The predicted octanol–water partition coefficient (Wildman–Crippen LogP) is 3.18. The van der Waals surface area contributed by atoms with Crippen molar-refractivity contribution in [3.8, 4) is 0 Å². The standard InChI is InChI=1S/C14H23BrN4/c1-19-13(14(15)17-18-19)12(16)11-7-6-9-4-2-3-5-10(9)8-11/h9-12H,2-8,16H2,1H3. The number of halogens is 1. The summed E-state index contributed by atoms with van der Waals surface area (Å²) in [6, 6.07) is 0.0669. The molecule has 2 aliphatic carbocycles. The largest absolute Gasteiger partial charge is 0.322 e. The lowest BCUT2D eigenvalue weighted by atomic mass is 9.66. The van der Waals surface area contributed by atoms with Crippen molar-refractivity contribution in [2.75, 3.05) is 0 Å². The molecule has 0 amide bonds. The van der Waals surface area contributed by atoms with Gasteiger partial charge in [-0.15, -0.1) is 5.10 Å². The summed E-state index contributed by atoms with van der Waals surface area (Å²) in [5, 5.41) is 8.12. The zero-order valence-corrected chi connectivity index (χ0v) is 13.1. The van der Waals surface area contributed by atoms with Crippen molar-refractivity contribution < 1.29 is 0 Å². The van der Waals surface area contributed by atoms with Crippen molar-refractivity contribution in [1.29, 1.82) is 0 Å². The fraction of sp³-hybridized carbons (Fsp3) is 0.857. The molecule has 4 atom stereocenters. The van der Waals surface area contributed by atoms with Crippen LogP contribution in [0, 0.1) is 17.8 Å². The molecule has 2 aliphatic rings. The molecular weight excluding hydrogens is 304 g/mol. The lowest BCUT2D eigenvalue weighted by molar-refractivity contribution is 0.116. The molecule has 2 fully saturated rings. The maximum atomic E-state index is 6.51. The van der Waals surface area contributed by atoms with E-state index < -0.39 is 0 Å².